The third-order valence-electron chi connectivity index (χ3n) is 3.33. The Balaban J connectivity index is 2.06. The zero-order chi connectivity index (χ0) is 13.1. The van der Waals surface area contributed by atoms with E-state index in [1.807, 2.05) is 0 Å². The molecule has 1 saturated carbocycles. The van der Waals surface area contributed by atoms with Crippen LogP contribution in [-0.2, 0) is 0 Å². The van der Waals surface area contributed by atoms with E-state index in [1.54, 1.807) is 12.1 Å². The summed E-state index contributed by atoms with van der Waals surface area (Å²) < 4.78 is 0. The Labute approximate surface area is 110 Å². The van der Waals surface area contributed by atoms with Gasteiger partial charge in [0.25, 0.3) is 5.69 Å². The summed E-state index contributed by atoms with van der Waals surface area (Å²) in [5.41, 5.74) is 0.415. The lowest BCUT2D eigenvalue weighted by molar-refractivity contribution is -0.383. The van der Waals surface area contributed by atoms with Crippen molar-refractivity contribution in [3.63, 3.8) is 0 Å². The first-order valence-electron chi connectivity index (χ1n) is 5.94. The second kappa shape index (κ2) is 5.54. The van der Waals surface area contributed by atoms with E-state index in [0.29, 0.717) is 17.3 Å². The maximum Gasteiger partial charge on any atom is 0.293 e. The van der Waals surface area contributed by atoms with Gasteiger partial charge in [0.2, 0.25) is 0 Å². The van der Waals surface area contributed by atoms with Crippen LogP contribution in [0.15, 0.2) is 18.2 Å². The number of aliphatic hydroxyl groups excluding tert-OH is 1. The fourth-order valence-electron chi connectivity index (χ4n) is 2.30. The van der Waals surface area contributed by atoms with Crippen LogP contribution in [0.5, 0.6) is 0 Å². The smallest absolute Gasteiger partial charge is 0.293 e. The minimum absolute atomic E-state index is 0.0324. The van der Waals surface area contributed by atoms with E-state index in [4.69, 9.17) is 11.6 Å². The van der Waals surface area contributed by atoms with Crippen LogP contribution in [0.2, 0.25) is 5.02 Å². The Bertz CT molecular complexity index is 453. The lowest BCUT2D eigenvalue weighted by Crippen LogP contribution is -2.22. The van der Waals surface area contributed by atoms with Crippen molar-refractivity contribution in [3.8, 4) is 0 Å². The number of nitro groups is 1. The SMILES string of the molecule is O=[N+]([O-])c1cc(Cl)ccc1NCC1CCCC1O. The van der Waals surface area contributed by atoms with Crippen molar-refractivity contribution >= 4 is 23.0 Å². The van der Waals surface area contributed by atoms with Gasteiger partial charge in [-0.25, -0.2) is 0 Å². The van der Waals surface area contributed by atoms with E-state index in [1.165, 1.54) is 6.07 Å². The summed E-state index contributed by atoms with van der Waals surface area (Å²) in [6.07, 6.45) is 2.48. The topological polar surface area (TPSA) is 75.4 Å². The minimum Gasteiger partial charge on any atom is -0.393 e. The number of aliphatic hydroxyl groups is 1. The lowest BCUT2D eigenvalue weighted by atomic mass is 10.1. The third kappa shape index (κ3) is 2.91. The van der Waals surface area contributed by atoms with Gasteiger partial charge in [-0.1, -0.05) is 18.0 Å². The maximum absolute atomic E-state index is 10.9. The number of anilines is 1. The van der Waals surface area contributed by atoms with Crippen LogP contribution < -0.4 is 5.32 Å². The van der Waals surface area contributed by atoms with E-state index in [2.05, 4.69) is 5.32 Å². The monoisotopic (exact) mass is 270 g/mol. The van der Waals surface area contributed by atoms with Gasteiger partial charge in [-0.3, -0.25) is 10.1 Å². The van der Waals surface area contributed by atoms with Crippen LogP contribution >= 0.6 is 11.6 Å². The quantitative estimate of drug-likeness (QED) is 0.652. The molecule has 0 bridgehead atoms. The molecule has 0 spiro atoms. The second-order valence-corrected chi connectivity index (χ2v) is 4.99. The predicted molar refractivity (Wildman–Crippen MR) is 69.9 cm³/mol. The summed E-state index contributed by atoms with van der Waals surface area (Å²) in [6.45, 7) is 0.545. The van der Waals surface area contributed by atoms with Crippen LogP contribution in [0.1, 0.15) is 19.3 Å². The van der Waals surface area contributed by atoms with Gasteiger partial charge < -0.3 is 10.4 Å². The number of benzene rings is 1. The van der Waals surface area contributed by atoms with Crippen LogP contribution in [0, 0.1) is 16.0 Å². The molecule has 2 atom stereocenters. The molecule has 18 heavy (non-hydrogen) atoms. The molecule has 1 aliphatic carbocycles. The number of nitrogens with zero attached hydrogens (tertiary/aromatic N) is 1. The standard InChI is InChI=1S/C12H15ClN2O3/c13-9-4-5-10(11(6-9)15(17)18)14-7-8-2-1-3-12(8)16/h4-6,8,12,14,16H,1-3,7H2. The van der Waals surface area contributed by atoms with Crippen molar-refractivity contribution in [2.75, 3.05) is 11.9 Å². The Morgan fingerprint density at radius 2 is 2.28 bits per heavy atom. The Hall–Kier alpha value is -1.33. The molecule has 2 unspecified atom stereocenters. The molecule has 2 N–H and O–H groups in total. The molecule has 1 aromatic carbocycles. The Morgan fingerprint density at radius 1 is 1.50 bits per heavy atom. The van der Waals surface area contributed by atoms with Crippen LogP contribution in [-0.4, -0.2) is 22.7 Å². The molecule has 0 heterocycles. The van der Waals surface area contributed by atoms with Gasteiger partial charge in [-0.2, -0.15) is 0 Å². The molecule has 1 aliphatic rings. The van der Waals surface area contributed by atoms with Crippen molar-refractivity contribution in [2.24, 2.45) is 5.92 Å². The van der Waals surface area contributed by atoms with Gasteiger partial charge in [-0.15, -0.1) is 0 Å². The summed E-state index contributed by atoms with van der Waals surface area (Å²) in [5, 5.41) is 24.0. The van der Waals surface area contributed by atoms with Crippen LogP contribution in [0.25, 0.3) is 0 Å². The number of halogens is 1. The van der Waals surface area contributed by atoms with Gasteiger partial charge in [0.1, 0.15) is 5.69 Å². The minimum atomic E-state index is -0.459. The fraction of sp³-hybridized carbons (Fsp3) is 0.500. The zero-order valence-electron chi connectivity index (χ0n) is 9.80. The molecule has 0 aliphatic heterocycles. The summed E-state index contributed by atoms with van der Waals surface area (Å²) in [6, 6.07) is 4.54. The van der Waals surface area contributed by atoms with Gasteiger partial charge in [0.05, 0.1) is 11.0 Å². The van der Waals surface area contributed by atoms with Crippen molar-refractivity contribution in [3.05, 3.63) is 33.3 Å². The highest BCUT2D eigenvalue weighted by Gasteiger charge is 2.25. The molecule has 0 radical (unpaired) electrons. The summed E-state index contributed by atoms with van der Waals surface area (Å²) >= 11 is 5.74. The average Bonchev–Trinajstić information content (AvgIpc) is 2.73. The average molecular weight is 271 g/mol. The largest absolute Gasteiger partial charge is 0.393 e. The first kappa shape index (κ1) is 13.1. The molecular formula is C12H15ClN2O3. The molecule has 5 nitrogen and oxygen atoms in total. The number of hydrogen-bond donors (Lipinski definition) is 2. The first-order valence-corrected chi connectivity index (χ1v) is 6.31. The van der Waals surface area contributed by atoms with Crippen molar-refractivity contribution < 1.29 is 10.0 Å². The van der Waals surface area contributed by atoms with Crippen molar-refractivity contribution in [1.29, 1.82) is 0 Å². The van der Waals surface area contributed by atoms with Crippen molar-refractivity contribution in [2.45, 2.75) is 25.4 Å². The van der Waals surface area contributed by atoms with Crippen LogP contribution in [0.4, 0.5) is 11.4 Å². The molecule has 0 aromatic heterocycles. The van der Waals surface area contributed by atoms with Gasteiger partial charge in [0.15, 0.2) is 0 Å². The highest BCUT2D eigenvalue weighted by molar-refractivity contribution is 6.30. The molecule has 1 fully saturated rings. The predicted octanol–water partition coefficient (Wildman–Crippen LogP) is 2.82. The first-order chi connectivity index (χ1) is 8.58. The molecule has 0 saturated heterocycles. The molecule has 98 valence electrons. The maximum atomic E-state index is 10.9. The van der Waals surface area contributed by atoms with Gasteiger partial charge >= 0.3 is 0 Å². The van der Waals surface area contributed by atoms with E-state index >= 15 is 0 Å². The van der Waals surface area contributed by atoms with E-state index in [-0.39, 0.29) is 17.7 Å². The van der Waals surface area contributed by atoms with E-state index in [0.717, 1.165) is 19.3 Å². The number of hydrogen-bond acceptors (Lipinski definition) is 4. The van der Waals surface area contributed by atoms with Crippen molar-refractivity contribution in [1.82, 2.24) is 0 Å². The summed E-state index contributed by atoms with van der Waals surface area (Å²) in [5.74, 6) is 0.167. The Morgan fingerprint density at radius 3 is 2.89 bits per heavy atom. The van der Waals surface area contributed by atoms with Gasteiger partial charge in [0, 0.05) is 23.6 Å². The Kier molecular flexibility index (Phi) is 4.04. The lowest BCUT2D eigenvalue weighted by Gasteiger charge is -2.15. The normalized spacial score (nSPS) is 23.0. The van der Waals surface area contributed by atoms with Gasteiger partial charge in [-0.05, 0) is 25.0 Å². The highest BCUT2D eigenvalue weighted by Crippen LogP contribution is 2.30. The molecule has 2 rings (SSSR count). The highest BCUT2D eigenvalue weighted by atomic mass is 35.5. The molecule has 0 amide bonds. The number of nitro benzene ring substituents is 1. The van der Waals surface area contributed by atoms with E-state index in [9.17, 15) is 15.2 Å². The summed E-state index contributed by atoms with van der Waals surface area (Å²) in [4.78, 5) is 10.4. The fourth-order valence-corrected chi connectivity index (χ4v) is 2.47. The number of nitrogens with one attached hydrogen (secondary N) is 1. The van der Waals surface area contributed by atoms with Crippen LogP contribution in [0.3, 0.4) is 0 Å². The zero-order valence-corrected chi connectivity index (χ0v) is 10.6. The van der Waals surface area contributed by atoms with E-state index < -0.39 is 4.92 Å². The third-order valence-corrected chi connectivity index (χ3v) is 3.57. The summed E-state index contributed by atoms with van der Waals surface area (Å²) in [7, 11) is 0. The molecular weight excluding hydrogens is 256 g/mol. The second-order valence-electron chi connectivity index (χ2n) is 4.56. The number of rotatable bonds is 4. The molecule has 6 heteroatoms. The molecule has 1 aromatic rings.